The molecule has 0 unspecified atom stereocenters. The summed E-state index contributed by atoms with van der Waals surface area (Å²) < 4.78 is 1.07. The molecule has 1 aromatic rings. The van der Waals surface area contributed by atoms with Crippen molar-refractivity contribution in [2.24, 2.45) is 0 Å². The van der Waals surface area contributed by atoms with Crippen molar-refractivity contribution in [3.05, 3.63) is 32.4 Å². The van der Waals surface area contributed by atoms with Gasteiger partial charge in [0.15, 0.2) is 0 Å². The predicted octanol–water partition coefficient (Wildman–Crippen LogP) is 2.37. The summed E-state index contributed by atoms with van der Waals surface area (Å²) in [7, 11) is 1.97. The van der Waals surface area contributed by atoms with Gasteiger partial charge in [-0.25, -0.2) is 0 Å². The van der Waals surface area contributed by atoms with Crippen molar-refractivity contribution in [2.45, 2.75) is 6.54 Å². The van der Waals surface area contributed by atoms with E-state index in [0.717, 1.165) is 15.1 Å². The average molecular weight is 326 g/mol. The number of rotatable bonds is 4. The number of nitrogens with zero attached hydrogens (tertiary/aromatic N) is 1. The molecule has 0 aliphatic heterocycles. The molecule has 1 rings (SSSR count). The Bertz CT molecular complexity index is 306. The first kappa shape index (κ1) is 12.2. The van der Waals surface area contributed by atoms with Gasteiger partial charge in [0.05, 0.1) is 11.6 Å². The Balaban J connectivity index is 2.63. The van der Waals surface area contributed by atoms with Crippen LogP contribution < -0.4 is 0 Å². The number of aliphatic hydroxyl groups is 1. The van der Waals surface area contributed by atoms with Gasteiger partial charge >= 0.3 is 0 Å². The molecule has 2 nitrogen and oxygen atoms in total. The van der Waals surface area contributed by atoms with E-state index in [0.29, 0.717) is 6.54 Å². The smallest absolute Gasteiger partial charge is 0.0558 e. The van der Waals surface area contributed by atoms with Gasteiger partial charge in [0.25, 0.3) is 0 Å². The van der Waals surface area contributed by atoms with E-state index in [1.54, 1.807) is 0 Å². The topological polar surface area (TPSA) is 23.5 Å². The van der Waals surface area contributed by atoms with E-state index in [-0.39, 0.29) is 6.61 Å². The van der Waals surface area contributed by atoms with Crippen LogP contribution in [0.3, 0.4) is 0 Å². The second-order valence-electron chi connectivity index (χ2n) is 3.21. The van der Waals surface area contributed by atoms with Crippen LogP contribution in [0.25, 0.3) is 0 Å². The fourth-order valence-corrected chi connectivity index (χ4v) is 1.74. The van der Waals surface area contributed by atoms with E-state index < -0.39 is 0 Å². The number of aliphatic hydroxyl groups excluding tert-OH is 1. The van der Waals surface area contributed by atoms with Crippen molar-refractivity contribution < 1.29 is 5.11 Å². The maximum absolute atomic E-state index is 8.74. The number of benzene rings is 1. The lowest BCUT2D eigenvalue weighted by atomic mass is 10.2. The summed E-state index contributed by atoms with van der Waals surface area (Å²) in [5.74, 6) is 0. The van der Waals surface area contributed by atoms with Crippen LogP contribution in [0.15, 0.2) is 18.2 Å². The third kappa shape index (κ3) is 3.73. The summed E-state index contributed by atoms with van der Waals surface area (Å²) in [6.45, 7) is 1.69. The van der Waals surface area contributed by atoms with Gasteiger partial charge in [0.1, 0.15) is 0 Å². The molecule has 78 valence electrons. The first-order valence-corrected chi connectivity index (χ1v) is 5.82. The van der Waals surface area contributed by atoms with Gasteiger partial charge in [-0.3, -0.25) is 4.90 Å². The Morgan fingerprint density at radius 2 is 2.21 bits per heavy atom. The van der Waals surface area contributed by atoms with Crippen molar-refractivity contribution in [1.82, 2.24) is 4.90 Å². The lowest BCUT2D eigenvalue weighted by Gasteiger charge is -2.15. The zero-order valence-corrected chi connectivity index (χ0v) is 10.9. The minimum Gasteiger partial charge on any atom is -0.395 e. The number of hydrogen-bond donors (Lipinski definition) is 1. The van der Waals surface area contributed by atoms with Gasteiger partial charge in [-0.15, -0.1) is 0 Å². The largest absolute Gasteiger partial charge is 0.395 e. The molecule has 0 fully saturated rings. The number of halogens is 2. The molecule has 0 aliphatic rings. The second-order valence-corrected chi connectivity index (χ2v) is 4.78. The van der Waals surface area contributed by atoms with Gasteiger partial charge in [-0.1, -0.05) is 17.7 Å². The summed E-state index contributed by atoms with van der Waals surface area (Å²) in [5, 5.41) is 9.54. The molecular weight excluding hydrogens is 312 g/mol. The highest BCUT2D eigenvalue weighted by atomic mass is 127. The first-order valence-electron chi connectivity index (χ1n) is 4.37. The van der Waals surface area contributed by atoms with Crippen molar-refractivity contribution in [3.8, 4) is 0 Å². The molecule has 0 saturated carbocycles. The molecule has 0 heterocycles. The lowest BCUT2D eigenvalue weighted by Crippen LogP contribution is -2.21. The molecule has 4 heteroatoms. The maximum atomic E-state index is 8.74. The Morgan fingerprint density at radius 1 is 1.50 bits per heavy atom. The minimum absolute atomic E-state index is 0.189. The molecule has 0 atom stereocenters. The number of likely N-dealkylation sites (N-methyl/N-ethyl adjacent to an activating group) is 1. The van der Waals surface area contributed by atoms with Crippen LogP contribution >= 0.6 is 34.2 Å². The van der Waals surface area contributed by atoms with Crippen LogP contribution in [0.1, 0.15) is 5.56 Å². The molecule has 0 amide bonds. The molecule has 0 saturated heterocycles. The Morgan fingerprint density at radius 3 is 2.79 bits per heavy atom. The van der Waals surface area contributed by atoms with Crippen LogP contribution in [-0.4, -0.2) is 30.2 Å². The normalized spacial score (nSPS) is 10.9. The maximum Gasteiger partial charge on any atom is 0.0558 e. The lowest BCUT2D eigenvalue weighted by molar-refractivity contribution is 0.217. The van der Waals surface area contributed by atoms with E-state index in [1.807, 2.05) is 19.2 Å². The zero-order chi connectivity index (χ0) is 10.6. The van der Waals surface area contributed by atoms with Crippen LogP contribution in [0.4, 0.5) is 0 Å². The van der Waals surface area contributed by atoms with Crippen LogP contribution in [0.5, 0.6) is 0 Å². The SMILES string of the molecule is CN(CCO)Cc1ccc(I)c(Cl)c1. The summed E-state index contributed by atoms with van der Waals surface area (Å²) in [5.41, 5.74) is 1.17. The van der Waals surface area contributed by atoms with Crippen molar-refractivity contribution in [3.63, 3.8) is 0 Å². The van der Waals surface area contributed by atoms with Gasteiger partial charge in [-0.2, -0.15) is 0 Å². The molecule has 1 aromatic carbocycles. The highest BCUT2D eigenvalue weighted by Crippen LogP contribution is 2.20. The summed E-state index contributed by atoms with van der Waals surface area (Å²) in [6, 6.07) is 6.03. The fraction of sp³-hybridized carbons (Fsp3) is 0.400. The molecule has 14 heavy (non-hydrogen) atoms. The predicted molar refractivity (Wildman–Crippen MR) is 67.6 cm³/mol. The third-order valence-corrected chi connectivity index (χ3v) is 3.49. The van der Waals surface area contributed by atoms with Crippen molar-refractivity contribution >= 4 is 34.2 Å². The standard InChI is InChI=1S/C10H13ClINO/c1-13(4-5-14)7-8-2-3-10(12)9(11)6-8/h2-3,6,14H,4-5,7H2,1H3. The van der Waals surface area contributed by atoms with Gasteiger partial charge < -0.3 is 5.11 Å². The highest BCUT2D eigenvalue weighted by molar-refractivity contribution is 14.1. The molecule has 0 spiro atoms. The number of hydrogen-bond acceptors (Lipinski definition) is 2. The van der Waals surface area contributed by atoms with Crippen molar-refractivity contribution in [2.75, 3.05) is 20.2 Å². The van der Waals surface area contributed by atoms with Crippen LogP contribution in [-0.2, 0) is 6.54 Å². The molecule has 0 aromatic heterocycles. The molecule has 0 bridgehead atoms. The van der Waals surface area contributed by atoms with E-state index in [4.69, 9.17) is 16.7 Å². The Labute approximate surface area is 103 Å². The van der Waals surface area contributed by atoms with E-state index in [2.05, 4.69) is 33.6 Å². The molecule has 0 aliphatic carbocycles. The third-order valence-electron chi connectivity index (χ3n) is 1.92. The summed E-state index contributed by atoms with van der Waals surface area (Å²) >= 11 is 8.20. The molecular formula is C10H13ClINO. The van der Waals surface area contributed by atoms with Gasteiger partial charge in [0, 0.05) is 16.7 Å². The fourth-order valence-electron chi connectivity index (χ4n) is 1.20. The zero-order valence-electron chi connectivity index (χ0n) is 8.00. The molecule has 0 radical (unpaired) electrons. The van der Waals surface area contributed by atoms with Crippen LogP contribution in [0, 0.1) is 3.57 Å². The summed E-state index contributed by atoms with van der Waals surface area (Å²) in [6.07, 6.45) is 0. The van der Waals surface area contributed by atoms with E-state index >= 15 is 0 Å². The monoisotopic (exact) mass is 325 g/mol. The first-order chi connectivity index (χ1) is 6.63. The van der Waals surface area contributed by atoms with Crippen molar-refractivity contribution in [1.29, 1.82) is 0 Å². The van der Waals surface area contributed by atoms with E-state index in [9.17, 15) is 0 Å². The van der Waals surface area contributed by atoms with Gasteiger partial charge in [-0.05, 0) is 47.3 Å². The van der Waals surface area contributed by atoms with E-state index in [1.165, 1.54) is 5.56 Å². The quantitative estimate of drug-likeness (QED) is 0.859. The molecule has 1 N–H and O–H groups in total. The Kier molecular flexibility index (Phi) is 5.15. The minimum atomic E-state index is 0.189. The van der Waals surface area contributed by atoms with Crippen LogP contribution in [0.2, 0.25) is 5.02 Å². The Hall–Kier alpha value is 0.160. The highest BCUT2D eigenvalue weighted by Gasteiger charge is 2.02. The van der Waals surface area contributed by atoms with Gasteiger partial charge in [0.2, 0.25) is 0 Å². The summed E-state index contributed by atoms with van der Waals surface area (Å²) in [4.78, 5) is 2.05. The average Bonchev–Trinajstić information content (AvgIpc) is 2.12. The second kappa shape index (κ2) is 5.90.